The van der Waals surface area contributed by atoms with Gasteiger partial charge < -0.3 is 10.7 Å². The Balaban J connectivity index is 2.44. The maximum absolute atomic E-state index is 11.9. The number of amides is 1. The highest BCUT2D eigenvalue weighted by molar-refractivity contribution is 6.05. The Kier molecular flexibility index (Phi) is 2.91. The molecule has 19 heavy (non-hydrogen) atoms. The largest absolute Gasteiger partial charge is 0.370 e. The molecule has 0 aliphatic heterocycles. The van der Waals surface area contributed by atoms with Crippen LogP contribution >= 0.6 is 0 Å². The number of carbonyl (C=O) groups is 1. The molecule has 0 spiro atoms. The van der Waals surface area contributed by atoms with E-state index in [1.165, 1.54) is 19.2 Å². The van der Waals surface area contributed by atoms with Gasteiger partial charge in [-0.2, -0.15) is 0 Å². The number of carbonyl (C=O) groups excluding carboxylic acids is 1. The quantitative estimate of drug-likeness (QED) is 0.323. The number of fused-ring (bicyclic) bond motifs is 1. The number of aromatic amines is 1. The summed E-state index contributed by atoms with van der Waals surface area (Å²) in [5, 5.41) is 18.5. The number of nitro benzene ring substituents is 1. The SMILES string of the molecule is CN(C(=N)N)C(=O)c1cc2ccc([N+](=O)[O-])cc2[nH]1. The molecule has 8 heteroatoms. The van der Waals surface area contributed by atoms with E-state index in [1.807, 2.05) is 0 Å². The van der Waals surface area contributed by atoms with E-state index in [4.69, 9.17) is 11.1 Å². The fraction of sp³-hybridized carbons (Fsp3) is 0.0909. The van der Waals surface area contributed by atoms with Crippen molar-refractivity contribution in [3.05, 3.63) is 40.1 Å². The van der Waals surface area contributed by atoms with E-state index >= 15 is 0 Å². The summed E-state index contributed by atoms with van der Waals surface area (Å²) >= 11 is 0. The monoisotopic (exact) mass is 261 g/mol. The first-order valence-corrected chi connectivity index (χ1v) is 5.29. The van der Waals surface area contributed by atoms with Gasteiger partial charge in [-0.1, -0.05) is 0 Å². The molecule has 0 bridgehead atoms. The van der Waals surface area contributed by atoms with Crippen molar-refractivity contribution in [1.29, 1.82) is 5.41 Å². The number of hydrogen-bond donors (Lipinski definition) is 3. The molecule has 4 N–H and O–H groups in total. The number of H-pyrrole nitrogens is 1. The number of nitrogens with one attached hydrogen (secondary N) is 2. The molecule has 0 radical (unpaired) electrons. The third kappa shape index (κ3) is 2.23. The fourth-order valence-corrected chi connectivity index (χ4v) is 1.63. The maximum Gasteiger partial charge on any atom is 0.276 e. The van der Waals surface area contributed by atoms with E-state index < -0.39 is 10.8 Å². The molecule has 0 atom stereocenters. The minimum absolute atomic E-state index is 0.0618. The minimum Gasteiger partial charge on any atom is -0.370 e. The summed E-state index contributed by atoms with van der Waals surface area (Å²) in [6.45, 7) is 0. The molecular weight excluding hydrogens is 250 g/mol. The molecule has 0 saturated heterocycles. The third-order valence-electron chi connectivity index (χ3n) is 2.71. The van der Waals surface area contributed by atoms with E-state index in [9.17, 15) is 14.9 Å². The number of aromatic nitrogens is 1. The van der Waals surface area contributed by atoms with E-state index in [0.717, 1.165) is 4.90 Å². The van der Waals surface area contributed by atoms with Crippen LogP contribution < -0.4 is 5.73 Å². The van der Waals surface area contributed by atoms with Gasteiger partial charge in [-0.05, 0) is 12.1 Å². The minimum atomic E-state index is -0.510. The van der Waals surface area contributed by atoms with Gasteiger partial charge in [0.2, 0.25) is 0 Å². The average molecular weight is 261 g/mol. The van der Waals surface area contributed by atoms with Crippen molar-refractivity contribution in [2.75, 3.05) is 7.05 Å². The number of nitro groups is 1. The highest BCUT2D eigenvalue weighted by Gasteiger charge is 2.17. The van der Waals surface area contributed by atoms with Crippen molar-refractivity contribution in [1.82, 2.24) is 9.88 Å². The predicted octanol–water partition coefficient (Wildman–Crippen LogP) is 1.04. The molecular formula is C11H11N5O3. The lowest BCUT2D eigenvalue weighted by Crippen LogP contribution is -2.38. The molecule has 2 rings (SSSR count). The second-order valence-corrected chi connectivity index (χ2v) is 3.96. The number of non-ortho nitro benzene ring substituents is 1. The first-order chi connectivity index (χ1) is 8.90. The van der Waals surface area contributed by atoms with Gasteiger partial charge >= 0.3 is 0 Å². The van der Waals surface area contributed by atoms with E-state index in [0.29, 0.717) is 10.9 Å². The molecule has 0 fully saturated rings. The van der Waals surface area contributed by atoms with Crippen molar-refractivity contribution < 1.29 is 9.72 Å². The summed E-state index contributed by atoms with van der Waals surface area (Å²) in [7, 11) is 1.37. The van der Waals surface area contributed by atoms with Crippen LogP contribution in [0.4, 0.5) is 5.69 Å². The molecule has 98 valence electrons. The lowest BCUT2D eigenvalue weighted by Gasteiger charge is -2.12. The Labute approximate surface area is 107 Å². The lowest BCUT2D eigenvalue weighted by molar-refractivity contribution is -0.384. The van der Waals surface area contributed by atoms with Crippen LogP contribution in [0.1, 0.15) is 10.5 Å². The smallest absolute Gasteiger partial charge is 0.276 e. The van der Waals surface area contributed by atoms with Gasteiger partial charge in [-0.25, -0.2) is 0 Å². The second-order valence-electron chi connectivity index (χ2n) is 3.96. The van der Waals surface area contributed by atoms with E-state index in [1.54, 1.807) is 12.1 Å². The Morgan fingerprint density at radius 2 is 2.16 bits per heavy atom. The summed E-state index contributed by atoms with van der Waals surface area (Å²) < 4.78 is 0. The summed E-state index contributed by atoms with van der Waals surface area (Å²) in [6.07, 6.45) is 0. The van der Waals surface area contributed by atoms with Crippen molar-refractivity contribution >= 4 is 28.5 Å². The summed E-state index contributed by atoms with van der Waals surface area (Å²) in [5.41, 5.74) is 5.85. The van der Waals surface area contributed by atoms with E-state index in [-0.39, 0.29) is 17.3 Å². The Hall–Kier alpha value is -2.90. The van der Waals surface area contributed by atoms with Crippen LogP contribution in [-0.2, 0) is 0 Å². The number of rotatable bonds is 2. The van der Waals surface area contributed by atoms with Gasteiger partial charge in [0.1, 0.15) is 5.69 Å². The second kappa shape index (κ2) is 4.41. The number of benzene rings is 1. The Morgan fingerprint density at radius 3 is 2.74 bits per heavy atom. The summed E-state index contributed by atoms with van der Waals surface area (Å²) in [6, 6.07) is 5.81. The zero-order valence-electron chi connectivity index (χ0n) is 10.0. The lowest BCUT2D eigenvalue weighted by atomic mass is 10.2. The van der Waals surface area contributed by atoms with Crippen LogP contribution in [0, 0.1) is 15.5 Å². The molecule has 0 saturated carbocycles. The number of guanidine groups is 1. The fourth-order valence-electron chi connectivity index (χ4n) is 1.63. The zero-order valence-corrected chi connectivity index (χ0v) is 10.0. The maximum atomic E-state index is 11.9. The first kappa shape index (κ1) is 12.6. The molecule has 1 heterocycles. The number of nitrogens with zero attached hydrogens (tertiary/aromatic N) is 2. The molecule has 1 aromatic carbocycles. The van der Waals surface area contributed by atoms with Crippen molar-refractivity contribution in [2.45, 2.75) is 0 Å². The van der Waals surface area contributed by atoms with Gasteiger partial charge in [-0.3, -0.25) is 25.2 Å². The van der Waals surface area contributed by atoms with Crippen LogP contribution in [0.5, 0.6) is 0 Å². The van der Waals surface area contributed by atoms with Crippen LogP contribution in [0.3, 0.4) is 0 Å². The highest BCUT2D eigenvalue weighted by atomic mass is 16.6. The first-order valence-electron chi connectivity index (χ1n) is 5.29. The molecule has 0 aliphatic carbocycles. The van der Waals surface area contributed by atoms with Crippen LogP contribution in [0.2, 0.25) is 0 Å². The van der Waals surface area contributed by atoms with Crippen LogP contribution in [0.15, 0.2) is 24.3 Å². The Morgan fingerprint density at radius 1 is 1.47 bits per heavy atom. The topological polar surface area (TPSA) is 129 Å². The van der Waals surface area contributed by atoms with Crippen molar-refractivity contribution in [3.8, 4) is 0 Å². The predicted molar refractivity (Wildman–Crippen MR) is 69.0 cm³/mol. The van der Waals surface area contributed by atoms with Crippen molar-refractivity contribution in [2.24, 2.45) is 5.73 Å². The summed E-state index contributed by atoms with van der Waals surface area (Å²) in [5.74, 6) is -0.860. The number of nitrogens with two attached hydrogens (primary N) is 1. The summed E-state index contributed by atoms with van der Waals surface area (Å²) in [4.78, 5) is 25.8. The van der Waals surface area contributed by atoms with Gasteiger partial charge in [0.25, 0.3) is 11.6 Å². The molecule has 2 aromatic rings. The normalized spacial score (nSPS) is 10.4. The number of hydrogen-bond acceptors (Lipinski definition) is 4. The average Bonchev–Trinajstić information content (AvgIpc) is 2.79. The van der Waals surface area contributed by atoms with Gasteiger partial charge in [0.15, 0.2) is 5.96 Å². The Bertz CT molecular complexity index is 691. The van der Waals surface area contributed by atoms with E-state index in [2.05, 4.69) is 4.98 Å². The van der Waals surface area contributed by atoms with Gasteiger partial charge in [0.05, 0.1) is 10.4 Å². The van der Waals surface area contributed by atoms with Gasteiger partial charge in [0, 0.05) is 24.6 Å². The van der Waals surface area contributed by atoms with Crippen molar-refractivity contribution in [3.63, 3.8) is 0 Å². The molecule has 8 nitrogen and oxygen atoms in total. The zero-order chi connectivity index (χ0) is 14.2. The van der Waals surface area contributed by atoms with Crippen LogP contribution in [0.25, 0.3) is 10.9 Å². The molecule has 0 unspecified atom stereocenters. The highest BCUT2D eigenvalue weighted by Crippen LogP contribution is 2.21. The third-order valence-corrected chi connectivity index (χ3v) is 2.71. The molecule has 1 amide bonds. The van der Waals surface area contributed by atoms with Crippen LogP contribution in [-0.4, -0.2) is 33.7 Å². The van der Waals surface area contributed by atoms with Gasteiger partial charge in [-0.15, -0.1) is 0 Å². The molecule has 0 aliphatic rings. The standard InChI is InChI=1S/C11H11N5O3/c1-15(11(12)13)10(17)9-4-6-2-3-7(16(18)19)5-8(6)14-9/h2-5,14H,1H3,(H3,12,13). The molecule has 1 aromatic heterocycles.